The molecule has 2 nitrogen and oxygen atoms in total. The number of unbranched alkanes of at least 4 members (excludes halogenated alkanes) is 1. The van der Waals surface area contributed by atoms with Crippen LogP contribution in [0.5, 0.6) is 0 Å². The SMILES string of the molecule is CCC(C)(CO)CNCCCCC(C)C. The summed E-state index contributed by atoms with van der Waals surface area (Å²) in [5.74, 6) is 0.823. The fourth-order valence-electron chi connectivity index (χ4n) is 1.49. The van der Waals surface area contributed by atoms with Gasteiger partial charge in [-0.05, 0) is 25.3 Å². The Bertz CT molecular complexity index is 141. The summed E-state index contributed by atoms with van der Waals surface area (Å²) in [6.07, 6.45) is 4.92. The van der Waals surface area contributed by atoms with Crippen molar-refractivity contribution in [3.8, 4) is 0 Å². The van der Waals surface area contributed by atoms with Crippen molar-refractivity contribution in [3.05, 3.63) is 0 Å². The average molecular weight is 215 g/mol. The third-order valence-electron chi connectivity index (χ3n) is 3.17. The molecular formula is C13H29NO. The van der Waals surface area contributed by atoms with Gasteiger partial charge in [0.25, 0.3) is 0 Å². The van der Waals surface area contributed by atoms with Gasteiger partial charge >= 0.3 is 0 Å². The molecule has 0 fully saturated rings. The highest BCUT2D eigenvalue weighted by atomic mass is 16.3. The van der Waals surface area contributed by atoms with Gasteiger partial charge in [0.1, 0.15) is 0 Å². The maximum atomic E-state index is 9.22. The van der Waals surface area contributed by atoms with Crippen molar-refractivity contribution >= 4 is 0 Å². The van der Waals surface area contributed by atoms with E-state index in [0.717, 1.165) is 25.4 Å². The molecule has 0 aromatic rings. The van der Waals surface area contributed by atoms with E-state index in [1.807, 2.05) is 0 Å². The van der Waals surface area contributed by atoms with Crippen LogP contribution in [0.3, 0.4) is 0 Å². The molecule has 0 spiro atoms. The molecule has 0 rings (SSSR count). The number of hydrogen-bond donors (Lipinski definition) is 2. The summed E-state index contributed by atoms with van der Waals surface area (Å²) < 4.78 is 0. The molecule has 0 amide bonds. The first-order valence-electron chi connectivity index (χ1n) is 6.35. The lowest BCUT2D eigenvalue weighted by Gasteiger charge is -2.25. The molecule has 1 atom stereocenters. The first-order valence-corrected chi connectivity index (χ1v) is 6.35. The predicted octanol–water partition coefficient (Wildman–Crippen LogP) is 2.81. The minimum atomic E-state index is 0.0675. The van der Waals surface area contributed by atoms with Gasteiger partial charge in [0.2, 0.25) is 0 Å². The average Bonchev–Trinajstić information content (AvgIpc) is 2.22. The van der Waals surface area contributed by atoms with Gasteiger partial charge in [-0.3, -0.25) is 0 Å². The molecule has 92 valence electrons. The van der Waals surface area contributed by atoms with Crippen molar-refractivity contribution in [2.24, 2.45) is 11.3 Å². The molecule has 0 aromatic heterocycles. The van der Waals surface area contributed by atoms with E-state index in [1.54, 1.807) is 0 Å². The van der Waals surface area contributed by atoms with Crippen LogP contribution in [0.2, 0.25) is 0 Å². The van der Waals surface area contributed by atoms with Crippen LogP contribution in [-0.2, 0) is 0 Å². The third kappa shape index (κ3) is 7.80. The lowest BCUT2D eigenvalue weighted by molar-refractivity contribution is 0.135. The van der Waals surface area contributed by atoms with Crippen molar-refractivity contribution in [3.63, 3.8) is 0 Å². The van der Waals surface area contributed by atoms with E-state index in [0.29, 0.717) is 0 Å². The molecule has 1 unspecified atom stereocenters. The number of rotatable bonds is 9. The molecular weight excluding hydrogens is 186 g/mol. The van der Waals surface area contributed by atoms with Crippen LogP contribution in [0.25, 0.3) is 0 Å². The maximum absolute atomic E-state index is 9.22. The predicted molar refractivity (Wildman–Crippen MR) is 67.0 cm³/mol. The number of nitrogens with one attached hydrogen (secondary N) is 1. The molecule has 0 aliphatic rings. The lowest BCUT2D eigenvalue weighted by atomic mass is 9.88. The zero-order valence-corrected chi connectivity index (χ0v) is 11.0. The smallest absolute Gasteiger partial charge is 0.0496 e. The summed E-state index contributed by atoms with van der Waals surface area (Å²) in [4.78, 5) is 0. The van der Waals surface area contributed by atoms with E-state index in [-0.39, 0.29) is 12.0 Å². The van der Waals surface area contributed by atoms with E-state index in [4.69, 9.17) is 0 Å². The van der Waals surface area contributed by atoms with E-state index in [1.165, 1.54) is 19.3 Å². The van der Waals surface area contributed by atoms with E-state index >= 15 is 0 Å². The van der Waals surface area contributed by atoms with Gasteiger partial charge in [0.15, 0.2) is 0 Å². The third-order valence-corrected chi connectivity index (χ3v) is 3.17. The lowest BCUT2D eigenvalue weighted by Crippen LogP contribution is -2.34. The van der Waals surface area contributed by atoms with Crippen LogP contribution in [0.1, 0.15) is 53.4 Å². The molecule has 15 heavy (non-hydrogen) atoms. The Labute approximate surface area is 95.5 Å². The van der Waals surface area contributed by atoms with Crippen LogP contribution >= 0.6 is 0 Å². The highest BCUT2D eigenvalue weighted by molar-refractivity contribution is 4.73. The van der Waals surface area contributed by atoms with E-state index in [9.17, 15) is 5.11 Å². The first kappa shape index (κ1) is 14.9. The first-order chi connectivity index (χ1) is 7.04. The Balaban J connectivity index is 3.37. The summed E-state index contributed by atoms with van der Waals surface area (Å²) in [5.41, 5.74) is 0.0675. The maximum Gasteiger partial charge on any atom is 0.0496 e. The standard InChI is InChI=1S/C13H29NO/c1-5-13(4,11-15)10-14-9-7-6-8-12(2)3/h12,14-15H,5-11H2,1-4H3. The van der Waals surface area contributed by atoms with E-state index in [2.05, 4.69) is 33.0 Å². The molecule has 0 aromatic carbocycles. The van der Waals surface area contributed by atoms with Gasteiger partial charge < -0.3 is 10.4 Å². The van der Waals surface area contributed by atoms with E-state index < -0.39 is 0 Å². The number of aliphatic hydroxyl groups is 1. The normalized spacial score (nSPS) is 15.6. The zero-order chi connectivity index (χ0) is 11.7. The Kier molecular flexibility index (Phi) is 8.07. The van der Waals surface area contributed by atoms with Gasteiger partial charge in [-0.25, -0.2) is 0 Å². The summed E-state index contributed by atoms with van der Waals surface area (Å²) in [6.45, 7) is 11.1. The molecule has 0 saturated carbocycles. The van der Waals surface area contributed by atoms with Crippen molar-refractivity contribution < 1.29 is 5.11 Å². The molecule has 0 aliphatic heterocycles. The fourth-order valence-corrected chi connectivity index (χ4v) is 1.49. The zero-order valence-electron chi connectivity index (χ0n) is 11.0. The topological polar surface area (TPSA) is 32.3 Å². The molecule has 0 radical (unpaired) electrons. The van der Waals surface area contributed by atoms with Crippen molar-refractivity contribution in [2.75, 3.05) is 19.7 Å². The van der Waals surface area contributed by atoms with Gasteiger partial charge in [-0.2, -0.15) is 0 Å². The monoisotopic (exact) mass is 215 g/mol. The second-order valence-corrected chi connectivity index (χ2v) is 5.39. The second-order valence-electron chi connectivity index (χ2n) is 5.39. The summed E-state index contributed by atoms with van der Waals surface area (Å²) >= 11 is 0. The molecule has 0 bridgehead atoms. The molecule has 2 N–H and O–H groups in total. The van der Waals surface area contributed by atoms with Crippen LogP contribution in [0, 0.1) is 11.3 Å². The van der Waals surface area contributed by atoms with Crippen molar-refractivity contribution in [2.45, 2.75) is 53.4 Å². The number of hydrogen-bond acceptors (Lipinski definition) is 2. The molecule has 0 saturated heterocycles. The molecule has 2 heteroatoms. The van der Waals surface area contributed by atoms with Gasteiger partial charge in [-0.15, -0.1) is 0 Å². The van der Waals surface area contributed by atoms with Crippen LogP contribution in [0.15, 0.2) is 0 Å². The Morgan fingerprint density at radius 3 is 2.40 bits per heavy atom. The van der Waals surface area contributed by atoms with Crippen LogP contribution < -0.4 is 5.32 Å². The summed E-state index contributed by atoms with van der Waals surface area (Å²) in [5, 5.41) is 12.7. The summed E-state index contributed by atoms with van der Waals surface area (Å²) in [7, 11) is 0. The largest absolute Gasteiger partial charge is 0.396 e. The van der Waals surface area contributed by atoms with Gasteiger partial charge in [-0.1, -0.05) is 40.5 Å². The van der Waals surface area contributed by atoms with Crippen molar-refractivity contribution in [1.82, 2.24) is 5.32 Å². The Morgan fingerprint density at radius 1 is 1.27 bits per heavy atom. The van der Waals surface area contributed by atoms with Gasteiger partial charge in [0.05, 0.1) is 0 Å². The van der Waals surface area contributed by atoms with Crippen LogP contribution in [0.4, 0.5) is 0 Å². The molecule has 0 heterocycles. The van der Waals surface area contributed by atoms with Crippen molar-refractivity contribution in [1.29, 1.82) is 0 Å². The highest BCUT2D eigenvalue weighted by Crippen LogP contribution is 2.18. The fraction of sp³-hybridized carbons (Fsp3) is 1.00. The second kappa shape index (κ2) is 8.12. The Morgan fingerprint density at radius 2 is 1.93 bits per heavy atom. The number of aliphatic hydroxyl groups excluding tert-OH is 1. The quantitative estimate of drug-likeness (QED) is 0.580. The summed E-state index contributed by atoms with van der Waals surface area (Å²) in [6, 6.07) is 0. The minimum absolute atomic E-state index is 0.0675. The minimum Gasteiger partial charge on any atom is -0.396 e. The highest BCUT2D eigenvalue weighted by Gasteiger charge is 2.19. The van der Waals surface area contributed by atoms with Gasteiger partial charge in [0, 0.05) is 18.6 Å². The Hall–Kier alpha value is -0.0800. The molecule has 0 aliphatic carbocycles. The van der Waals surface area contributed by atoms with Crippen LogP contribution in [-0.4, -0.2) is 24.8 Å².